The van der Waals surface area contributed by atoms with E-state index in [0.717, 1.165) is 6.07 Å². The molecule has 0 aliphatic carbocycles. The maximum Gasteiger partial charge on any atom is 0.422 e. The fourth-order valence-electron chi connectivity index (χ4n) is 2.94. The average Bonchev–Trinajstić information content (AvgIpc) is 2.77. The smallest absolute Gasteiger partial charge is 0.422 e. The van der Waals surface area contributed by atoms with Gasteiger partial charge in [-0.3, -0.25) is 0 Å². The van der Waals surface area contributed by atoms with E-state index in [4.69, 9.17) is 14.2 Å². The van der Waals surface area contributed by atoms with Crippen molar-refractivity contribution in [3.05, 3.63) is 36.4 Å². The molecule has 0 saturated carbocycles. The van der Waals surface area contributed by atoms with Gasteiger partial charge >= 0.3 is 6.18 Å². The van der Waals surface area contributed by atoms with Gasteiger partial charge in [0.25, 0.3) is 0 Å². The number of halogens is 4. The summed E-state index contributed by atoms with van der Waals surface area (Å²) >= 11 is 0. The molecule has 1 N–H and O–H groups in total. The molecule has 0 unspecified atom stereocenters. The van der Waals surface area contributed by atoms with E-state index in [9.17, 15) is 26.0 Å². The van der Waals surface area contributed by atoms with Crippen molar-refractivity contribution in [3.8, 4) is 17.2 Å². The van der Waals surface area contributed by atoms with E-state index in [-0.39, 0.29) is 17.3 Å². The predicted molar refractivity (Wildman–Crippen MR) is 112 cm³/mol. The Labute approximate surface area is 186 Å². The van der Waals surface area contributed by atoms with Crippen LogP contribution in [0.5, 0.6) is 17.2 Å². The Balaban J connectivity index is 2.19. The molecule has 8 nitrogen and oxygen atoms in total. The van der Waals surface area contributed by atoms with Crippen molar-refractivity contribution in [2.45, 2.75) is 18.0 Å². The first kappa shape index (κ1) is 24.3. The molecule has 3 rings (SSSR count). The Morgan fingerprint density at radius 1 is 1.03 bits per heavy atom. The summed E-state index contributed by atoms with van der Waals surface area (Å²) in [7, 11) is -1.21. The van der Waals surface area contributed by atoms with Gasteiger partial charge in [0, 0.05) is 18.2 Å². The van der Waals surface area contributed by atoms with Gasteiger partial charge in [-0.1, -0.05) is 6.92 Å². The molecule has 0 bridgehead atoms. The molecule has 0 aliphatic rings. The van der Waals surface area contributed by atoms with Crippen LogP contribution < -0.4 is 19.5 Å². The second kappa shape index (κ2) is 9.25. The van der Waals surface area contributed by atoms with Crippen LogP contribution in [0.25, 0.3) is 10.9 Å². The van der Waals surface area contributed by atoms with E-state index in [1.807, 2.05) is 0 Å². The summed E-state index contributed by atoms with van der Waals surface area (Å²) in [5.74, 6) is -1.46. The van der Waals surface area contributed by atoms with Crippen LogP contribution in [0.1, 0.15) is 6.92 Å². The highest BCUT2D eigenvalue weighted by molar-refractivity contribution is 7.91. The van der Waals surface area contributed by atoms with Crippen LogP contribution in [-0.2, 0) is 9.84 Å². The topological polar surface area (TPSA) is 99.6 Å². The van der Waals surface area contributed by atoms with Crippen molar-refractivity contribution in [1.29, 1.82) is 0 Å². The van der Waals surface area contributed by atoms with Crippen LogP contribution in [0.2, 0.25) is 0 Å². The third kappa shape index (κ3) is 5.35. The zero-order valence-electron chi connectivity index (χ0n) is 17.7. The van der Waals surface area contributed by atoms with Gasteiger partial charge in [-0.25, -0.2) is 22.8 Å². The Morgan fingerprint density at radius 2 is 1.76 bits per heavy atom. The first-order valence-corrected chi connectivity index (χ1v) is 11.0. The quantitative estimate of drug-likeness (QED) is 0.469. The van der Waals surface area contributed by atoms with Crippen molar-refractivity contribution >= 4 is 32.2 Å². The lowest BCUT2D eigenvalue weighted by Gasteiger charge is -2.17. The Morgan fingerprint density at radius 3 is 2.36 bits per heavy atom. The molecule has 1 aromatic heterocycles. The molecule has 0 amide bonds. The minimum absolute atomic E-state index is 0.0582. The van der Waals surface area contributed by atoms with E-state index in [0.29, 0.717) is 22.7 Å². The van der Waals surface area contributed by atoms with Gasteiger partial charge < -0.3 is 19.5 Å². The van der Waals surface area contributed by atoms with Crippen LogP contribution in [0, 0.1) is 5.82 Å². The summed E-state index contributed by atoms with van der Waals surface area (Å²) in [6.45, 7) is -0.405. The minimum atomic E-state index is -4.71. The second-order valence-corrected chi connectivity index (χ2v) is 8.90. The minimum Gasteiger partial charge on any atom is -0.497 e. The van der Waals surface area contributed by atoms with Gasteiger partial charge in [0.05, 0.1) is 36.6 Å². The van der Waals surface area contributed by atoms with Gasteiger partial charge in [0.2, 0.25) is 0 Å². The summed E-state index contributed by atoms with van der Waals surface area (Å²) in [6, 6.07) is 4.56. The molecular formula is C20H19F4N3O5S. The van der Waals surface area contributed by atoms with E-state index >= 15 is 0 Å². The Bertz CT molecular complexity index is 1280. The molecule has 3 aromatic rings. The van der Waals surface area contributed by atoms with Gasteiger partial charge in [-0.2, -0.15) is 13.2 Å². The van der Waals surface area contributed by atoms with Crippen molar-refractivity contribution in [2.24, 2.45) is 0 Å². The molecule has 0 radical (unpaired) electrons. The number of alkyl halides is 3. The molecule has 33 heavy (non-hydrogen) atoms. The summed E-state index contributed by atoms with van der Waals surface area (Å²) in [5, 5.41) is 3.06. The molecule has 13 heteroatoms. The number of benzene rings is 2. The maximum atomic E-state index is 14.5. The van der Waals surface area contributed by atoms with Gasteiger partial charge in [-0.05, 0) is 6.07 Å². The number of aromatic nitrogens is 2. The molecule has 2 aromatic carbocycles. The molecule has 0 fully saturated rings. The fourth-order valence-corrected chi connectivity index (χ4v) is 3.90. The van der Waals surface area contributed by atoms with E-state index in [1.165, 1.54) is 33.5 Å². The predicted octanol–water partition coefficient (Wildman–Crippen LogP) is 4.26. The molecule has 0 aliphatic heterocycles. The monoisotopic (exact) mass is 489 g/mol. The maximum absolute atomic E-state index is 14.5. The van der Waals surface area contributed by atoms with Gasteiger partial charge in [0.1, 0.15) is 40.1 Å². The van der Waals surface area contributed by atoms with Crippen LogP contribution in [-0.4, -0.2) is 51.1 Å². The average molecular weight is 489 g/mol. The highest BCUT2D eigenvalue weighted by atomic mass is 32.2. The molecule has 0 atom stereocenters. The number of nitrogens with one attached hydrogen (secondary N) is 1. The van der Waals surface area contributed by atoms with Gasteiger partial charge in [-0.15, -0.1) is 0 Å². The summed E-state index contributed by atoms with van der Waals surface area (Å²) in [5.41, 5.74) is 0.121. The van der Waals surface area contributed by atoms with Crippen LogP contribution in [0.3, 0.4) is 0 Å². The molecule has 0 spiro atoms. The Hall–Kier alpha value is -3.35. The van der Waals surface area contributed by atoms with E-state index < -0.39 is 44.8 Å². The number of methoxy groups -OCH3 is 2. The number of hydrogen-bond acceptors (Lipinski definition) is 8. The van der Waals surface area contributed by atoms with Crippen LogP contribution in [0.15, 0.2) is 35.5 Å². The first-order valence-electron chi connectivity index (χ1n) is 9.38. The number of rotatable bonds is 8. The number of nitrogens with zero attached hydrogens (tertiary/aromatic N) is 2. The zero-order valence-corrected chi connectivity index (χ0v) is 18.5. The third-order valence-electron chi connectivity index (χ3n) is 4.52. The van der Waals surface area contributed by atoms with E-state index in [2.05, 4.69) is 15.3 Å². The van der Waals surface area contributed by atoms with E-state index in [1.54, 1.807) is 6.07 Å². The lowest BCUT2D eigenvalue weighted by atomic mass is 10.2. The number of anilines is 2. The molecular weight excluding hydrogens is 470 g/mol. The summed E-state index contributed by atoms with van der Waals surface area (Å²) in [6.07, 6.45) is -3.53. The number of ether oxygens (including phenoxy) is 3. The van der Waals surface area contributed by atoms with Crippen molar-refractivity contribution < 1.29 is 40.2 Å². The molecule has 178 valence electrons. The van der Waals surface area contributed by atoms with Crippen LogP contribution in [0.4, 0.5) is 29.1 Å². The molecule has 0 saturated heterocycles. The summed E-state index contributed by atoms with van der Waals surface area (Å²) in [4.78, 5) is 7.52. The fraction of sp³-hybridized carbons (Fsp3) is 0.300. The zero-order chi connectivity index (χ0) is 24.4. The lowest BCUT2D eigenvalue weighted by molar-refractivity contribution is -0.153. The second-order valence-electron chi connectivity index (χ2n) is 6.66. The third-order valence-corrected chi connectivity index (χ3v) is 6.27. The van der Waals surface area contributed by atoms with Crippen molar-refractivity contribution in [3.63, 3.8) is 0 Å². The normalized spacial score (nSPS) is 12.0. The highest BCUT2D eigenvalue weighted by Crippen LogP contribution is 2.38. The van der Waals surface area contributed by atoms with Crippen molar-refractivity contribution in [2.75, 3.05) is 31.9 Å². The number of hydrogen-bond donors (Lipinski definition) is 1. The molecule has 1 heterocycles. The Kier molecular flexibility index (Phi) is 6.81. The lowest BCUT2D eigenvalue weighted by Crippen LogP contribution is -2.20. The SMILES string of the molecule is CCS(=O)(=O)c1cc(Nc2ncnc3cc(OC)cc(OC)c23)c(OCC(F)(F)F)cc1F. The largest absolute Gasteiger partial charge is 0.497 e. The number of sulfone groups is 1. The van der Waals surface area contributed by atoms with Gasteiger partial charge in [0.15, 0.2) is 16.4 Å². The number of fused-ring (bicyclic) bond motifs is 1. The first-order chi connectivity index (χ1) is 15.5. The summed E-state index contributed by atoms with van der Waals surface area (Å²) < 4.78 is 92.5. The van der Waals surface area contributed by atoms with Crippen molar-refractivity contribution in [1.82, 2.24) is 9.97 Å². The van der Waals surface area contributed by atoms with Crippen LogP contribution >= 0.6 is 0 Å². The highest BCUT2D eigenvalue weighted by Gasteiger charge is 2.30. The standard InChI is InChI=1S/C20H19F4N3O5S/c1-4-33(28,29)17-8-13(15(7-12(17)21)32-9-20(22,23)24)27-19-18-14(25-10-26-19)5-11(30-2)6-16(18)31-3/h5-8,10H,4,9H2,1-3H3,(H,25,26,27).